The molecule has 0 radical (unpaired) electrons. The smallest absolute Gasteiger partial charge is 0.223 e. The Labute approximate surface area is 141 Å². The Morgan fingerprint density at radius 3 is 3.12 bits per heavy atom. The number of nitrogens with zero attached hydrogens (tertiary/aromatic N) is 4. The van der Waals surface area contributed by atoms with E-state index in [2.05, 4.69) is 21.9 Å². The molecule has 0 bridgehead atoms. The summed E-state index contributed by atoms with van der Waals surface area (Å²) in [5.41, 5.74) is 4.07. The van der Waals surface area contributed by atoms with Crippen molar-refractivity contribution in [1.82, 2.24) is 19.5 Å². The van der Waals surface area contributed by atoms with Crippen LogP contribution in [0.2, 0.25) is 0 Å². The van der Waals surface area contributed by atoms with E-state index in [9.17, 15) is 4.79 Å². The van der Waals surface area contributed by atoms with Crippen LogP contribution >= 0.6 is 0 Å². The van der Waals surface area contributed by atoms with Crippen molar-refractivity contribution in [3.63, 3.8) is 0 Å². The quantitative estimate of drug-likeness (QED) is 0.865. The second kappa shape index (κ2) is 6.16. The predicted molar refractivity (Wildman–Crippen MR) is 89.9 cm³/mol. The first-order chi connectivity index (χ1) is 11.6. The van der Waals surface area contributed by atoms with E-state index >= 15 is 0 Å². The molecule has 24 heavy (non-hydrogen) atoms. The molecule has 1 aliphatic heterocycles. The Balaban J connectivity index is 1.49. The minimum Gasteiger partial charge on any atom is -0.374 e. The molecule has 0 spiro atoms. The maximum atomic E-state index is 12.8. The van der Waals surface area contributed by atoms with Gasteiger partial charge in [-0.05, 0) is 45.1 Å². The van der Waals surface area contributed by atoms with Crippen molar-refractivity contribution in [1.29, 1.82) is 0 Å². The van der Waals surface area contributed by atoms with Gasteiger partial charge in [0.2, 0.25) is 5.91 Å². The van der Waals surface area contributed by atoms with Crippen LogP contribution in [0.25, 0.3) is 5.65 Å². The highest BCUT2D eigenvalue weighted by molar-refractivity contribution is 5.77. The van der Waals surface area contributed by atoms with Gasteiger partial charge in [0.05, 0.1) is 24.9 Å². The van der Waals surface area contributed by atoms with E-state index in [1.807, 2.05) is 17.5 Å². The first-order valence-corrected chi connectivity index (χ1v) is 8.86. The molecule has 6 heteroatoms. The van der Waals surface area contributed by atoms with Crippen LogP contribution in [0.15, 0.2) is 12.3 Å². The predicted octanol–water partition coefficient (Wildman–Crippen LogP) is 2.06. The number of hydrogen-bond acceptors (Lipinski definition) is 4. The van der Waals surface area contributed by atoms with E-state index in [-0.39, 0.29) is 12.0 Å². The molecule has 3 heterocycles. The molecule has 2 aromatic heterocycles. The third kappa shape index (κ3) is 2.59. The summed E-state index contributed by atoms with van der Waals surface area (Å²) < 4.78 is 7.66. The topological polar surface area (TPSA) is 59.7 Å². The second-order valence-electron chi connectivity index (χ2n) is 6.86. The number of morpholine rings is 1. The fraction of sp³-hybridized carbons (Fsp3) is 0.611. The molecule has 128 valence electrons. The Morgan fingerprint density at radius 1 is 1.38 bits per heavy atom. The maximum absolute atomic E-state index is 12.8. The number of aryl methyl sites for hydroxylation is 2. The molecule has 1 amide bonds. The van der Waals surface area contributed by atoms with E-state index in [1.165, 1.54) is 0 Å². The van der Waals surface area contributed by atoms with E-state index in [1.54, 1.807) is 6.20 Å². The van der Waals surface area contributed by atoms with Crippen molar-refractivity contribution in [2.45, 2.75) is 58.1 Å². The summed E-state index contributed by atoms with van der Waals surface area (Å²) >= 11 is 0. The van der Waals surface area contributed by atoms with Crippen molar-refractivity contribution in [3.8, 4) is 0 Å². The highest BCUT2D eigenvalue weighted by atomic mass is 16.5. The SMILES string of the molecule is Cc1nc2ccnn2c(C)c1CCC(=O)N1CCO[C@H]2CCC[C@H]21. The van der Waals surface area contributed by atoms with Crippen LogP contribution in [0.5, 0.6) is 0 Å². The standard InChI is InChI=1S/C18H24N4O2/c1-12-14(13(2)22-17(20-12)8-9-19-22)6-7-18(23)21-10-11-24-16-5-3-4-15(16)21/h8-9,15-16H,3-7,10-11H2,1-2H3/t15-,16+/m1/s1. The van der Waals surface area contributed by atoms with Gasteiger partial charge in [-0.1, -0.05) is 0 Å². The molecule has 1 saturated carbocycles. The van der Waals surface area contributed by atoms with Crippen molar-refractivity contribution < 1.29 is 9.53 Å². The first-order valence-electron chi connectivity index (χ1n) is 8.86. The molecular weight excluding hydrogens is 304 g/mol. The first kappa shape index (κ1) is 15.6. The summed E-state index contributed by atoms with van der Waals surface area (Å²) in [6.45, 7) is 5.47. The summed E-state index contributed by atoms with van der Waals surface area (Å²) in [6.07, 6.45) is 6.60. The maximum Gasteiger partial charge on any atom is 0.223 e. The lowest BCUT2D eigenvalue weighted by atomic mass is 10.0. The van der Waals surface area contributed by atoms with Gasteiger partial charge in [0.15, 0.2) is 5.65 Å². The number of carbonyl (C=O) groups excluding carboxylic acids is 1. The molecule has 2 aliphatic rings. The Morgan fingerprint density at radius 2 is 2.25 bits per heavy atom. The number of amides is 1. The van der Waals surface area contributed by atoms with Gasteiger partial charge in [-0.3, -0.25) is 4.79 Å². The number of ether oxygens (including phenoxy) is 1. The van der Waals surface area contributed by atoms with Gasteiger partial charge in [0.25, 0.3) is 0 Å². The highest BCUT2D eigenvalue weighted by Gasteiger charge is 2.38. The minimum atomic E-state index is 0.245. The monoisotopic (exact) mass is 328 g/mol. The number of rotatable bonds is 3. The Hall–Kier alpha value is -1.95. The molecule has 0 N–H and O–H groups in total. The largest absolute Gasteiger partial charge is 0.374 e. The molecule has 0 unspecified atom stereocenters. The molecule has 4 rings (SSSR count). The summed E-state index contributed by atoms with van der Waals surface area (Å²) in [5, 5.41) is 4.32. The molecule has 1 saturated heterocycles. The molecule has 6 nitrogen and oxygen atoms in total. The summed E-state index contributed by atoms with van der Waals surface area (Å²) in [6, 6.07) is 2.20. The minimum absolute atomic E-state index is 0.245. The fourth-order valence-electron chi connectivity index (χ4n) is 4.24. The summed E-state index contributed by atoms with van der Waals surface area (Å²) in [7, 11) is 0. The Kier molecular flexibility index (Phi) is 4.00. The zero-order chi connectivity index (χ0) is 16.7. The van der Waals surface area contributed by atoms with Crippen LogP contribution in [0, 0.1) is 13.8 Å². The number of fused-ring (bicyclic) bond motifs is 2. The van der Waals surface area contributed by atoms with Crippen LogP contribution in [-0.4, -0.2) is 50.7 Å². The van der Waals surface area contributed by atoms with Crippen LogP contribution in [0.1, 0.15) is 42.6 Å². The molecule has 2 fully saturated rings. The van der Waals surface area contributed by atoms with E-state index in [0.29, 0.717) is 25.5 Å². The molecular formula is C18H24N4O2. The van der Waals surface area contributed by atoms with E-state index < -0.39 is 0 Å². The van der Waals surface area contributed by atoms with E-state index in [0.717, 1.165) is 48.4 Å². The van der Waals surface area contributed by atoms with Crippen LogP contribution < -0.4 is 0 Å². The molecule has 2 atom stereocenters. The lowest BCUT2D eigenvalue weighted by molar-refractivity contribution is -0.143. The summed E-state index contributed by atoms with van der Waals surface area (Å²) in [4.78, 5) is 19.4. The zero-order valence-corrected chi connectivity index (χ0v) is 14.4. The van der Waals surface area contributed by atoms with Crippen molar-refractivity contribution >= 4 is 11.6 Å². The van der Waals surface area contributed by atoms with Gasteiger partial charge >= 0.3 is 0 Å². The van der Waals surface area contributed by atoms with Crippen molar-refractivity contribution in [2.75, 3.05) is 13.2 Å². The highest BCUT2D eigenvalue weighted by Crippen LogP contribution is 2.30. The lowest BCUT2D eigenvalue weighted by Gasteiger charge is -2.37. The van der Waals surface area contributed by atoms with Crippen molar-refractivity contribution in [2.24, 2.45) is 0 Å². The summed E-state index contributed by atoms with van der Waals surface area (Å²) in [5.74, 6) is 0.245. The third-order valence-corrected chi connectivity index (χ3v) is 5.49. The normalized spacial score (nSPS) is 23.7. The van der Waals surface area contributed by atoms with E-state index in [4.69, 9.17) is 4.74 Å². The lowest BCUT2D eigenvalue weighted by Crippen LogP contribution is -2.51. The number of hydrogen-bond donors (Lipinski definition) is 0. The van der Waals surface area contributed by atoms with Gasteiger partial charge in [-0.25, -0.2) is 9.50 Å². The Bertz CT molecular complexity index is 770. The molecule has 2 aromatic rings. The van der Waals surface area contributed by atoms with Gasteiger partial charge < -0.3 is 9.64 Å². The third-order valence-electron chi connectivity index (χ3n) is 5.49. The van der Waals surface area contributed by atoms with Gasteiger partial charge in [0, 0.05) is 30.4 Å². The number of carbonyl (C=O) groups is 1. The van der Waals surface area contributed by atoms with Gasteiger partial charge in [-0.15, -0.1) is 0 Å². The zero-order valence-electron chi connectivity index (χ0n) is 14.4. The average Bonchev–Trinajstić information content (AvgIpc) is 3.22. The second-order valence-corrected chi connectivity index (χ2v) is 6.86. The van der Waals surface area contributed by atoms with Crippen LogP contribution in [0.3, 0.4) is 0 Å². The molecule has 0 aromatic carbocycles. The van der Waals surface area contributed by atoms with Crippen LogP contribution in [-0.2, 0) is 16.0 Å². The molecule has 1 aliphatic carbocycles. The van der Waals surface area contributed by atoms with Gasteiger partial charge in [-0.2, -0.15) is 5.10 Å². The van der Waals surface area contributed by atoms with Crippen LogP contribution in [0.4, 0.5) is 0 Å². The number of aromatic nitrogens is 3. The van der Waals surface area contributed by atoms with Crippen molar-refractivity contribution in [3.05, 3.63) is 29.2 Å². The fourth-order valence-corrected chi connectivity index (χ4v) is 4.24. The average molecular weight is 328 g/mol. The van der Waals surface area contributed by atoms with Gasteiger partial charge in [0.1, 0.15) is 0 Å².